The van der Waals surface area contributed by atoms with E-state index in [2.05, 4.69) is 44.7 Å². The van der Waals surface area contributed by atoms with E-state index in [0.29, 0.717) is 19.1 Å². The average molecular weight is 665 g/mol. The lowest BCUT2D eigenvalue weighted by Crippen LogP contribution is -2.46. The second-order valence-electron chi connectivity index (χ2n) is 10.9. The summed E-state index contributed by atoms with van der Waals surface area (Å²) in [5, 5.41) is 15.3. The summed E-state index contributed by atoms with van der Waals surface area (Å²) in [6.07, 6.45) is 8.68. The first-order valence-electron chi connectivity index (χ1n) is 15.1. The number of ether oxygens (including phenoxy) is 1. The number of aliphatic imine (C=N–C) groups is 1. The Balaban J connectivity index is 1.32. The highest BCUT2D eigenvalue weighted by atomic mass is 35.5. The Hall–Kier alpha value is -4.88. The highest BCUT2D eigenvalue weighted by molar-refractivity contribution is 6.31. The first kappa shape index (κ1) is 33.5. The molecular weight excluding hydrogens is 630 g/mol. The van der Waals surface area contributed by atoms with Crippen LogP contribution in [0, 0.1) is 0 Å². The number of anilines is 1. The van der Waals surface area contributed by atoms with Gasteiger partial charge in [0.1, 0.15) is 23.6 Å². The monoisotopic (exact) mass is 664 g/mol. The molecule has 4 aromatic rings. The number of nitrogens with one attached hydrogen (secondary N) is 2. The quantitative estimate of drug-likeness (QED) is 0.172. The number of piperidine rings is 1. The third-order valence-corrected chi connectivity index (χ3v) is 7.95. The van der Waals surface area contributed by atoms with Gasteiger partial charge in [-0.05, 0) is 63.2 Å². The van der Waals surface area contributed by atoms with Crippen LogP contribution in [-0.2, 0) is 17.8 Å². The fourth-order valence-corrected chi connectivity index (χ4v) is 5.60. The number of alkyl halides is 2. The lowest BCUT2D eigenvalue weighted by Gasteiger charge is -2.32. The van der Waals surface area contributed by atoms with Gasteiger partial charge in [0.2, 0.25) is 5.91 Å². The molecule has 1 aliphatic rings. The minimum absolute atomic E-state index is 0.0829. The van der Waals surface area contributed by atoms with Crippen molar-refractivity contribution in [3.8, 4) is 17.0 Å². The third-order valence-electron chi connectivity index (χ3n) is 7.71. The zero-order chi connectivity index (χ0) is 33.3. The highest BCUT2D eigenvalue weighted by Gasteiger charge is 2.26. The number of carbonyl (C=O) groups excluding carboxylic acids is 2. The predicted octanol–water partition coefficient (Wildman–Crippen LogP) is 5.90. The van der Waals surface area contributed by atoms with Gasteiger partial charge < -0.3 is 20.3 Å². The van der Waals surface area contributed by atoms with Crippen LogP contribution in [-0.4, -0.2) is 75.3 Å². The summed E-state index contributed by atoms with van der Waals surface area (Å²) < 4.78 is 34.1. The Morgan fingerprint density at radius 3 is 2.66 bits per heavy atom. The Labute approximate surface area is 275 Å². The molecule has 3 heterocycles. The van der Waals surface area contributed by atoms with Crippen molar-refractivity contribution in [2.24, 2.45) is 4.99 Å². The minimum atomic E-state index is -3.12. The molecular formula is C33H35ClF2N8O3. The summed E-state index contributed by atoms with van der Waals surface area (Å²) in [4.78, 5) is 32.5. The topological polar surface area (TPSA) is 119 Å². The molecule has 1 fully saturated rings. The van der Waals surface area contributed by atoms with Crippen LogP contribution in [0.15, 0.2) is 72.0 Å². The Morgan fingerprint density at radius 1 is 1.19 bits per heavy atom. The molecule has 0 spiro atoms. The molecule has 2 N–H and O–H groups in total. The van der Waals surface area contributed by atoms with E-state index in [0.717, 1.165) is 25.8 Å². The maximum Gasteiger partial charge on any atom is 0.387 e. The van der Waals surface area contributed by atoms with Crippen LogP contribution in [0.4, 0.5) is 20.3 Å². The average Bonchev–Trinajstić information content (AvgIpc) is 3.66. The van der Waals surface area contributed by atoms with Crippen molar-refractivity contribution in [1.29, 1.82) is 0 Å². The van der Waals surface area contributed by atoms with Gasteiger partial charge in [0.15, 0.2) is 5.82 Å². The van der Waals surface area contributed by atoms with E-state index < -0.39 is 12.5 Å². The molecule has 2 aromatic carbocycles. The van der Waals surface area contributed by atoms with Crippen molar-refractivity contribution in [1.82, 2.24) is 29.8 Å². The number of hydrogen-bond donors (Lipinski definition) is 2. The molecule has 1 saturated heterocycles. The molecule has 0 bridgehead atoms. The summed E-state index contributed by atoms with van der Waals surface area (Å²) >= 11 is 6.23. The van der Waals surface area contributed by atoms with Gasteiger partial charge in [-0.2, -0.15) is 19.0 Å². The predicted molar refractivity (Wildman–Crippen MR) is 177 cm³/mol. The van der Waals surface area contributed by atoms with Gasteiger partial charge in [0.05, 0.1) is 11.9 Å². The van der Waals surface area contributed by atoms with E-state index in [1.165, 1.54) is 45.5 Å². The molecule has 2 aromatic heterocycles. The van der Waals surface area contributed by atoms with Gasteiger partial charge in [0.25, 0.3) is 5.91 Å². The maximum atomic E-state index is 13.4. The summed E-state index contributed by atoms with van der Waals surface area (Å²) in [5.74, 6) is -0.768. The number of likely N-dealkylation sites (tertiary alicyclic amines) is 1. The smallest absolute Gasteiger partial charge is 0.387 e. The Bertz CT molecular complexity index is 1730. The molecule has 0 atom stereocenters. The number of benzene rings is 2. The highest BCUT2D eigenvalue weighted by Crippen LogP contribution is 2.37. The van der Waals surface area contributed by atoms with Crippen molar-refractivity contribution in [2.45, 2.75) is 45.4 Å². The van der Waals surface area contributed by atoms with E-state index in [9.17, 15) is 18.4 Å². The molecule has 0 aliphatic carbocycles. The van der Waals surface area contributed by atoms with Gasteiger partial charge in [-0.3, -0.25) is 14.3 Å². The molecule has 0 unspecified atom stereocenters. The van der Waals surface area contributed by atoms with Crippen LogP contribution in [0.25, 0.3) is 17.5 Å². The van der Waals surface area contributed by atoms with Crippen LogP contribution in [0.2, 0.25) is 5.02 Å². The largest absolute Gasteiger partial charge is 0.434 e. The Morgan fingerprint density at radius 2 is 1.96 bits per heavy atom. The van der Waals surface area contributed by atoms with E-state index in [-0.39, 0.29) is 51.6 Å². The van der Waals surface area contributed by atoms with Crippen LogP contribution >= 0.6 is 11.6 Å². The number of allylic oxidation sites excluding steroid dienone is 1. The molecule has 0 saturated carbocycles. The molecule has 5 rings (SSSR count). The van der Waals surface area contributed by atoms with Gasteiger partial charge in [-0.1, -0.05) is 48.0 Å². The van der Waals surface area contributed by atoms with E-state index in [4.69, 9.17) is 16.3 Å². The second kappa shape index (κ2) is 15.6. The van der Waals surface area contributed by atoms with Crippen molar-refractivity contribution >= 4 is 47.8 Å². The van der Waals surface area contributed by atoms with Crippen molar-refractivity contribution in [2.75, 3.05) is 25.0 Å². The van der Waals surface area contributed by atoms with Crippen molar-refractivity contribution in [3.05, 3.63) is 83.2 Å². The minimum Gasteiger partial charge on any atom is -0.434 e. The van der Waals surface area contributed by atoms with Crippen LogP contribution in [0.5, 0.6) is 5.75 Å². The van der Waals surface area contributed by atoms with Gasteiger partial charge in [-0.15, -0.1) is 0 Å². The third kappa shape index (κ3) is 8.48. The number of amides is 2. The fourth-order valence-electron chi connectivity index (χ4n) is 5.43. The maximum absolute atomic E-state index is 13.4. The van der Waals surface area contributed by atoms with Crippen LogP contribution in [0.3, 0.4) is 0 Å². The lowest BCUT2D eigenvalue weighted by atomic mass is 10.0. The summed E-state index contributed by atoms with van der Waals surface area (Å²) in [6, 6.07) is 14.7. The van der Waals surface area contributed by atoms with Crippen molar-refractivity contribution in [3.63, 3.8) is 0 Å². The standard InChI is InChI=1S/C33H35ClF2N8O3/c1-3-15-44-31(37-2)26(19-39-44)32(46)40-27-20-43(41-30(27)25-18-23(34)9-10-28(25)47-33(35)36)21-29(45)42-16-12-24(13-17-42)38-14-11-22-7-5-4-6-8-22/h3-10,15,18-20,24,33,38H,2,11-14,16-17,21H2,1H3,(H,40,46)/b15-3-. The fraction of sp³-hybridized carbons (Fsp3) is 0.303. The number of carbonyl (C=O) groups is 2. The normalized spacial score (nSPS) is 13.8. The SMILES string of the molecule is C=Nc1c(C(=O)Nc2cn(CC(=O)N3CCC(NCCc4ccccc4)CC3)nc2-c2cc(Cl)ccc2OC(F)F)cnn1/C=C\C. The number of halogens is 3. The van der Waals surface area contributed by atoms with Gasteiger partial charge in [0, 0.05) is 42.1 Å². The van der Waals surface area contributed by atoms with Crippen molar-refractivity contribution < 1.29 is 23.1 Å². The lowest BCUT2D eigenvalue weighted by molar-refractivity contribution is -0.133. The number of rotatable bonds is 13. The Kier molecular flexibility index (Phi) is 11.1. The van der Waals surface area contributed by atoms with E-state index in [1.54, 1.807) is 24.1 Å². The summed E-state index contributed by atoms with van der Waals surface area (Å²) in [6.45, 7) is 4.07. The van der Waals surface area contributed by atoms with E-state index >= 15 is 0 Å². The first-order valence-corrected chi connectivity index (χ1v) is 15.5. The molecule has 47 heavy (non-hydrogen) atoms. The zero-order valence-electron chi connectivity index (χ0n) is 25.8. The number of hydrogen-bond acceptors (Lipinski definition) is 7. The van der Waals surface area contributed by atoms with E-state index in [1.807, 2.05) is 18.2 Å². The molecule has 11 nitrogen and oxygen atoms in total. The zero-order valence-corrected chi connectivity index (χ0v) is 26.5. The first-order chi connectivity index (χ1) is 22.7. The molecule has 2 amide bonds. The molecule has 0 radical (unpaired) electrons. The number of aromatic nitrogens is 4. The van der Waals surface area contributed by atoms with Crippen LogP contribution in [0.1, 0.15) is 35.7 Å². The van der Waals surface area contributed by atoms with Crippen LogP contribution < -0.4 is 15.4 Å². The van der Waals surface area contributed by atoms with Gasteiger partial charge in [-0.25, -0.2) is 9.67 Å². The number of nitrogens with zero attached hydrogens (tertiary/aromatic N) is 6. The summed E-state index contributed by atoms with van der Waals surface area (Å²) in [5.41, 5.74) is 1.71. The molecule has 246 valence electrons. The van der Waals surface area contributed by atoms with Gasteiger partial charge >= 0.3 is 6.61 Å². The second-order valence-corrected chi connectivity index (χ2v) is 11.3. The molecule has 1 aliphatic heterocycles. The summed E-state index contributed by atoms with van der Waals surface area (Å²) in [7, 11) is 0. The molecule has 14 heteroatoms.